The first-order valence-corrected chi connectivity index (χ1v) is 19.6. The lowest BCUT2D eigenvalue weighted by Gasteiger charge is -2.31. The van der Waals surface area contributed by atoms with E-state index in [1.165, 1.54) is 0 Å². The molecule has 1 spiro atoms. The zero-order valence-electron chi connectivity index (χ0n) is 28.0. The van der Waals surface area contributed by atoms with Crippen molar-refractivity contribution in [3.8, 4) is 0 Å². The number of benzene rings is 4. The van der Waals surface area contributed by atoms with Gasteiger partial charge in [0.1, 0.15) is 0 Å². The number of hydrogen-bond donors (Lipinski definition) is 2. The molecule has 8 nitrogen and oxygen atoms in total. The smallest absolute Gasteiger partial charge is 0.264 e. The van der Waals surface area contributed by atoms with E-state index >= 15 is 4.11 Å². The van der Waals surface area contributed by atoms with E-state index in [0.29, 0.717) is 22.5 Å². The summed E-state index contributed by atoms with van der Waals surface area (Å²) >= 11 is 0. The predicted molar refractivity (Wildman–Crippen MR) is 190 cm³/mol. The van der Waals surface area contributed by atoms with Crippen LogP contribution in [0.25, 0.3) is 0 Å². The van der Waals surface area contributed by atoms with Gasteiger partial charge >= 0.3 is 0 Å². The zero-order chi connectivity index (χ0) is 34.8. The minimum Gasteiger partial charge on any atom is -0.395 e. The second kappa shape index (κ2) is 14.1. The van der Waals surface area contributed by atoms with E-state index in [1.54, 1.807) is 65.4 Å². The average molecular weight is 680 g/mol. The van der Waals surface area contributed by atoms with Gasteiger partial charge in [0.15, 0.2) is 5.60 Å². The molecule has 0 aromatic heterocycles. The van der Waals surface area contributed by atoms with Gasteiger partial charge in [0.2, 0.25) is 14.3 Å². The van der Waals surface area contributed by atoms with E-state index in [4.69, 9.17) is 4.74 Å². The molecule has 10 heteroatoms. The van der Waals surface area contributed by atoms with E-state index in [2.05, 4.69) is 5.32 Å². The number of nitrogens with one attached hydrogen (secondary N) is 1. The second-order valence-electron chi connectivity index (χ2n) is 13.4. The van der Waals surface area contributed by atoms with Crippen LogP contribution in [0.4, 0.5) is 15.5 Å². The van der Waals surface area contributed by atoms with Gasteiger partial charge in [-0.3, -0.25) is 14.4 Å². The molecule has 4 atom stereocenters. The van der Waals surface area contributed by atoms with Crippen LogP contribution in [0.3, 0.4) is 0 Å². The van der Waals surface area contributed by atoms with Gasteiger partial charge in [-0.05, 0) is 54.6 Å². The summed E-state index contributed by atoms with van der Waals surface area (Å²) < 4.78 is 23.3. The Balaban J connectivity index is 1.38. The summed E-state index contributed by atoms with van der Waals surface area (Å²) in [5.74, 6) is -1.53. The Kier molecular flexibility index (Phi) is 9.83. The Labute approximate surface area is 287 Å². The molecule has 2 N–H and O–H groups in total. The van der Waals surface area contributed by atoms with Crippen molar-refractivity contribution in [1.29, 1.82) is 0 Å². The predicted octanol–water partition coefficient (Wildman–Crippen LogP) is 6.67. The number of carbonyl (C=O) groups excluding carboxylic acids is 3. The van der Waals surface area contributed by atoms with Crippen LogP contribution in [0.5, 0.6) is 0 Å². The fraction of sp³-hybridized carbons (Fsp3) is 0.308. The monoisotopic (exact) mass is 679 g/mol. The zero-order valence-corrected chi connectivity index (χ0v) is 29.0. The number of aliphatic hydroxyl groups excluding tert-OH is 1. The van der Waals surface area contributed by atoms with Gasteiger partial charge in [-0.25, -0.2) is 0 Å². The first-order chi connectivity index (χ1) is 23.5. The lowest BCUT2D eigenvalue weighted by molar-refractivity contribution is -0.150. The maximum absolute atomic E-state index is 16.5. The standard InChI is InChI=1S/C39H42FN3O5Si/c1-27-36(49(2,3)40)34(24-35(45)42(21-22-44)25-28-13-7-4-8-14-28)48-39(27)32-23-31(41-37(46)30-17-11-6-12-18-30)19-20-33(32)43(38(39)47)26-29-15-9-5-10-16-29/h4-20,23,27,34,36,44H,21-22,24-26H2,1-3H3,(H,41,46)/t27-,34+,36-,39+/m0/s1. The molecule has 0 radical (unpaired) electrons. The number of halogens is 1. The van der Waals surface area contributed by atoms with Crippen molar-refractivity contribution in [3.05, 3.63) is 131 Å². The molecule has 2 heterocycles. The van der Waals surface area contributed by atoms with Crippen molar-refractivity contribution >= 4 is 37.5 Å². The first kappa shape index (κ1) is 34.2. The summed E-state index contributed by atoms with van der Waals surface area (Å²) in [6, 6.07) is 33.2. The van der Waals surface area contributed by atoms with Crippen molar-refractivity contribution in [2.45, 2.75) is 56.8 Å². The van der Waals surface area contributed by atoms with Gasteiger partial charge in [0.05, 0.1) is 31.4 Å². The van der Waals surface area contributed by atoms with E-state index in [0.717, 1.165) is 11.1 Å². The lowest BCUT2D eigenvalue weighted by Crippen LogP contribution is -2.45. The molecule has 0 unspecified atom stereocenters. The van der Waals surface area contributed by atoms with Crippen LogP contribution in [0.1, 0.15) is 40.4 Å². The number of fused-ring (bicyclic) bond motifs is 2. The SMILES string of the molecule is C[C@H]1[C@H]([Si](C)(C)F)[C@@H](CC(=O)N(CCO)Cc2ccccc2)O[C@]12C(=O)N(Cc1ccccc1)c1ccc(NC(=O)c3ccccc3)cc12. The van der Waals surface area contributed by atoms with Crippen molar-refractivity contribution in [3.63, 3.8) is 0 Å². The van der Waals surface area contributed by atoms with Gasteiger partial charge in [-0.1, -0.05) is 85.8 Å². The van der Waals surface area contributed by atoms with Crippen LogP contribution in [-0.2, 0) is 33.0 Å². The molecule has 1 saturated heterocycles. The van der Waals surface area contributed by atoms with Gasteiger partial charge in [-0.15, -0.1) is 0 Å². The van der Waals surface area contributed by atoms with E-state index in [1.807, 2.05) is 73.7 Å². The van der Waals surface area contributed by atoms with E-state index < -0.39 is 31.6 Å². The highest BCUT2D eigenvalue weighted by atomic mass is 28.4. The summed E-state index contributed by atoms with van der Waals surface area (Å²) in [5, 5.41) is 12.8. The molecule has 6 rings (SSSR count). The molecule has 4 aromatic carbocycles. The molecule has 0 saturated carbocycles. The molecule has 0 bridgehead atoms. The van der Waals surface area contributed by atoms with E-state index in [9.17, 15) is 19.5 Å². The van der Waals surface area contributed by atoms with Gasteiger partial charge in [-0.2, -0.15) is 0 Å². The van der Waals surface area contributed by atoms with Crippen LogP contribution >= 0.6 is 0 Å². The normalized spacial score (nSPS) is 21.5. The largest absolute Gasteiger partial charge is 0.395 e. The molecule has 2 aliphatic rings. The molecular weight excluding hydrogens is 638 g/mol. The highest BCUT2D eigenvalue weighted by Gasteiger charge is 2.67. The van der Waals surface area contributed by atoms with Crippen molar-refractivity contribution in [1.82, 2.24) is 4.90 Å². The highest BCUT2D eigenvalue weighted by Crippen LogP contribution is 2.60. The summed E-state index contributed by atoms with van der Waals surface area (Å²) in [7, 11) is -3.55. The maximum Gasteiger partial charge on any atom is 0.264 e. The number of rotatable bonds is 11. The number of hydrogen-bond acceptors (Lipinski definition) is 5. The average Bonchev–Trinajstić information content (AvgIpc) is 3.51. The molecule has 4 aromatic rings. The molecule has 0 aliphatic carbocycles. The quantitative estimate of drug-likeness (QED) is 0.136. The van der Waals surface area contributed by atoms with Crippen molar-refractivity contribution in [2.24, 2.45) is 5.92 Å². The summed E-state index contributed by atoms with van der Waals surface area (Å²) in [6.45, 7) is 5.48. The lowest BCUT2D eigenvalue weighted by atomic mass is 9.82. The Morgan fingerprint density at radius 2 is 1.55 bits per heavy atom. The maximum atomic E-state index is 16.5. The third-order valence-electron chi connectivity index (χ3n) is 9.75. The molecule has 3 amide bonds. The second-order valence-corrected chi connectivity index (χ2v) is 17.2. The fourth-order valence-electron chi connectivity index (χ4n) is 7.56. The molecule has 254 valence electrons. The summed E-state index contributed by atoms with van der Waals surface area (Å²) in [5.41, 5.74) is 1.66. The van der Waals surface area contributed by atoms with Gasteiger partial charge in [0.25, 0.3) is 11.8 Å². The Morgan fingerprint density at radius 3 is 2.16 bits per heavy atom. The number of anilines is 2. The highest BCUT2D eigenvalue weighted by molar-refractivity contribution is 6.72. The van der Waals surface area contributed by atoms with Crippen LogP contribution in [0.15, 0.2) is 109 Å². The van der Waals surface area contributed by atoms with Crippen molar-refractivity contribution in [2.75, 3.05) is 23.4 Å². The Morgan fingerprint density at radius 1 is 0.939 bits per heavy atom. The molecular formula is C39H42FN3O5Si. The van der Waals surface area contributed by atoms with Crippen molar-refractivity contribution < 1.29 is 28.3 Å². The summed E-state index contributed by atoms with van der Waals surface area (Å²) in [6.07, 6.45) is -1.03. The minimum atomic E-state index is -3.55. The number of carbonyl (C=O) groups is 3. The van der Waals surface area contributed by atoms with Crippen LogP contribution in [-0.4, -0.2) is 55.4 Å². The molecule has 49 heavy (non-hydrogen) atoms. The third kappa shape index (κ3) is 6.81. The summed E-state index contributed by atoms with van der Waals surface area (Å²) in [4.78, 5) is 45.1. The van der Waals surface area contributed by atoms with Gasteiger partial charge < -0.3 is 29.1 Å². The van der Waals surface area contributed by atoms with Crippen LogP contribution in [0, 0.1) is 5.92 Å². The minimum absolute atomic E-state index is 0.110. The Bertz CT molecular complexity index is 1800. The number of ether oxygens (including phenoxy) is 1. The third-order valence-corrected chi connectivity index (χ3v) is 12.2. The number of amides is 3. The van der Waals surface area contributed by atoms with E-state index in [-0.39, 0.29) is 50.4 Å². The van der Waals surface area contributed by atoms with Crippen LogP contribution in [0.2, 0.25) is 18.6 Å². The topological polar surface area (TPSA) is 99.2 Å². The van der Waals surface area contributed by atoms with Gasteiger partial charge in [0, 0.05) is 41.4 Å². The molecule has 2 aliphatic heterocycles. The molecule has 1 fully saturated rings. The van der Waals surface area contributed by atoms with Crippen LogP contribution < -0.4 is 10.2 Å². The fourth-order valence-corrected chi connectivity index (χ4v) is 10.1. The number of nitrogens with zero attached hydrogens (tertiary/aromatic N) is 2. The Hall–Kier alpha value is -4.64. The first-order valence-electron chi connectivity index (χ1n) is 16.7. The number of aliphatic hydroxyl groups is 1.